The quantitative estimate of drug-likeness (QED) is 0.789. The molecule has 134 valence electrons. The summed E-state index contributed by atoms with van der Waals surface area (Å²) in [5.41, 5.74) is 2.42. The molecule has 2 amide bonds. The smallest absolute Gasteiger partial charge is 0.341 e. The minimum Gasteiger partial charge on any atom is -0.452 e. The van der Waals surface area contributed by atoms with E-state index in [1.807, 2.05) is 30.5 Å². The molecular formula is C17H21N3O4S. The first kappa shape index (κ1) is 18.7. The topological polar surface area (TPSA) is 80.6 Å². The lowest BCUT2D eigenvalue weighted by molar-refractivity contribution is -0.131. The number of nitrogens with one attached hydrogen (secondary N) is 1. The number of hydrogen-bond acceptors (Lipinski definition) is 5. The fourth-order valence-corrected chi connectivity index (χ4v) is 3.22. The highest BCUT2D eigenvalue weighted by Gasteiger charge is 2.19. The van der Waals surface area contributed by atoms with Crippen LogP contribution in [-0.2, 0) is 14.3 Å². The Kier molecular flexibility index (Phi) is 5.97. The van der Waals surface area contributed by atoms with Crippen molar-refractivity contribution in [1.29, 1.82) is 0 Å². The molecule has 2 aromatic rings. The summed E-state index contributed by atoms with van der Waals surface area (Å²) >= 11 is 1.43. The van der Waals surface area contributed by atoms with Crippen molar-refractivity contribution < 1.29 is 19.1 Å². The number of likely N-dealkylation sites (N-methyl/N-ethyl adjacent to an activating group) is 1. The van der Waals surface area contributed by atoms with Gasteiger partial charge in [0.15, 0.2) is 6.61 Å². The van der Waals surface area contributed by atoms with E-state index in [0.717, 1.165) is 16.4 Å². The molecule has 0 aliphatic carbocycles. The van der Waals surface area contributed by atoms with Gasteiger partial charge in [-0.15, -0.1) is 11.3 Å². The van der Waals surface area contributed by atoms with Crippen LogP contribution in [0.2, 0.25) is 0 Å². The monoisotopic (exact) mass is 363 g/mol. The maximum Gasteiger partial charge on any atom is 0.341 e. The number of nitrogens with zero attached hydrogens (tertiary/aromatic N) is 2. The first-order chi connectivity index (χ1) is 11.8. The first-order valence-corrected chi connectivity index (χ1v) is 8.56. The van der Waals surface area contributed by atoms with Crippen LogP contribution in [0.5, 0.6) is 0 Å². The van der Waals surface area contributed by atoms with E-state index in [0.29, 0.717) is 5.56 Å². The number of aryl methyl sites for hydroxylation is 2. The summed E-state index contributed by atoms with van der Waals surface area (Å²) in [5.74, 6) is -1.33. The Morgan fingerprint density at radius 2 is 1.80 bits per heavy atom. The van der Waals surface area contributed by atoms with E-state index in [1.54, 1.807) is 25.5 Å². The van der Waals surface area contributed by atoms with Crippen LogP contribution in [0.25, 0.3) is 5.00 Å². The number of esters is 1. The lowest BCUT2D eigenvalue weighted by Gasteiger charge is -2.12. The molecule has 0 bridgehead atoms. The summed E-state index contributed by atoms with van der Waals surface area (Å²) in [6.07, 6.45) is 0. The van der Waals surface area contributed by atoms with Gasteiger partial charge in [0.05, 0.1) is 12.1 Å². The third kappa shape index (κ3) is 4.48. The number of aromatic nitrogens is 1. The molecule has 2 aromatic heterocycles. The minimum absolute atomic E-state index is 0.130. The summed E-state index contributed by atoms with van der Waals surface area (Å²) in [4.78, 5) is 36.8. The Balaban J connectivity index is 1.98. The molecule has 2 heterocycles. The predicted molar refractivity (Wildman–Crippen MR) is 95.1 cm³/mol. The molecule has 8 heteroatoms. The molecule has 1 N–H and O–H groups in total. The summed E-state index contributed by atoms with van der Waals surface area (Å²) < 4.78 is 7.05. The minimum atomic E-state index is -0.571. The molecule has 0 aromatic carbocycles. The van der Waals surface area contributed by atoms with Gasteiger partial charge in [0.1, 0.15) is 5.00 Å². The third-order valence-corrected chi connectivity index (χ3v) is 4.51. The maximum atomic E-state index is 12.3. The highest BCUT2D eigenvalue weighted by Crippen LogP contribution is 2.26. The number of hydrogen-bond donors (Lipinski definition) is 1. The lowest BCUT2D eigenvalue weighted by Crippen LogP contribution is -2.38. The van der Waals surface area contributed by atoms with Crippen molar-refractivity contribution in [3.8, 4) is 5.00 Å². The van der Waals surface area contributed by atoms with Crippen LogP contribution < -0.4 is 5.32 Å². The number of carbonyl (C=O) groups excluding carboxylic acids is 3. The average molecular weight is 363 g/mol. The number of ether oxygens (including phenoxy) is 1. The predicted octanol–water partition coefficient (Wildman–Crippen LogP) is 1.52. The van der Waals surface area contributed by atoms with Gasteiger partial charge in [-0.05, 0) is 37.4 Å². The van der Waals surface area contributed by atoms with E-state index in [4.69, 9.17) is 4.74 Å². The summed E-state index contributed by atoms with van der Waals surface area (Å²) in [5, 5.41) is 4.98. The summed E-state index contributed by atoms with van der Waals surface area (Å²) in [6, 6.07) is 5.62. The SMILES string of the molecule is Cc1ccc(C)n1-c1sccc1C(=O)OCC(=O)NCC(=O)N(C)C. The summed E-state index contributed by atoms with van der Waals surface area (Å²) in [6.45, 7) is 3.35. The number of thiophene rings is 1. The van der Waals surface area contributed by atoms with Gasteiger partial charge in [-0.1, -0.05) is 0 Å². The maximum absolute atomic E-state index is 12.3. The Morgan fingerprint density at radius 1 is 1.16 bits per heavy atom. The molecule has 0 saturated heterocycles. The Labute approximate surface area is 150 Å². The van der Waals surface area contributed by atoms with E-state index in [2.05, 4.69) is 5.32 Å². The van der Waals surface area contributed by atoms with Crippen LogP contribution in [0.1, 0.15) is 21.7 Å². The van der Waals surface area contributed by atoms with Crippen LogP contribution in [0.4, 0.5) is 0 Å². The van der Waals surface area contributed by atoms with Gasteiger partial charge in [0.2, 0.25) is 5.91 Å². The van der Waals surface area contributed by atoms with E-state index < -0.39 is 18.5 Å². The summed E-state index contributed by atoms with van der Waals surface area (Å²) in [7, 11) is 3.19. The molecular weight excluding hydrogens is 342 g/mol. The molecule has 25 heavy (non-hydrogen) atoms. The first-order valence-electron chi connectivity index (χ1n) is 7.68. The molecule has 0 atom stereocenters. The van der Waals surface area contributed by atoms with Crippen LogP contribution in [0, 0.1) is 13.8 Å². The van der Waals surface area contributed by atoms with Gasteiger partial charge < -0.3 is 19.5 Å². The number of carbonyl (C=O) groups is 3. The number of rotatable bonds is 6. The van der Waals surface area contributed by atoms with Crippen molar-refractivity contribution >= 4 is 29.1 Å². The van der Waals surface area contributed by atoms with Gasteiger partial charge in [0, 0.05) is 25.5 Å². The normalized spacial score (nSPS) is 10.4. The van der Waals surface area contributed by atoms with Gasteiger partial charge >= 0.3 is 5.97 Å². The van der Waals surface area contributed by atoms with Crippen molar-refractivity contribution in [2.24, 2.45) is 0 Å². The highest BCUT2D eigenvalue weighted by atomic mass is 32.1. The standard InChI is InChI=1S/C17H21N3O4S/c1-11-5-6-12(2)20(11)16-13(7-8-25-16)17(23)24-10-14(21)18-9-15(22)19(3)4/h5-8H,9-10H2,1-4H3,(H,18,21). The van der Waals surface area contributed by atoms with Crippen molar-refractivity contribution in [3.05, 3.63) is 40.5 Å². The molecule has 0 unspecified atom stereocenters. The lowest BCUT2D eigenvalue weighted by atomic mass is 10.3. The van der Waals surface area contributed by atoms with Crippen molar-refractivity contribution in [1.82, 2.24) is 14.8 Å². The zero-order valence-corrected chi connectivity index (χ0v) is 15.5. The van der Waals surface area contributed by atoms with E-state index >= 15 is 0 Å². The van der Waals surface area contributed by atoms with Crippen molar-refractivity contribution in [2.75, 3.05) is 27.2 Å². The molecule has 0 saturated carbocycles. The molecule has 0 aliphatic rings. The molecule has 0 aliphatic heterocycles. The zero-order valence-electron chi connectivity index (χ0n) is 14.7. The number of amides is 2. The van der Waals surface area contributed by atoms with Crippen LogP contribution in [-0.4, -0.2) is 54.5 Å². The molecule has 0 spiro atoms. The Hall–Kier alpha value is -2.61. The second-order valence-electron chi connectivity index (χ2n) is 5.73. The fraction of sp³-hybridized carbons (Fsp3) is 0.353. The van der Waals surface area contributed by atoms with Crippen LogP contribution in [0.15, 0.2) is 23.6 Å². The third-order valence-electron chi connectivity index (χ3n) is 3.61. The van der Waals surface area contributed by atoms with E-state index in [1.165, 1.54) is 16.2 Å². The van der Waals surface area contributed by atoms with E-state index in [-0.39, 0.29) is 12.5 Å². The van der Waals surface area contributed by atoms with Gasteiger partial charge in [-0.3, -0.25) is 9.59 Å². The van der Waals surface area contributed by atoms with Gasteiger partial charge in [-0.25, -0.2) is 4.79 Å². The van der Waals surface area contributed by atoms with Crippen LogP contribution in [0.3, 0.4) is 0 Å². The molecule has 7 nitrogen and oxygen atoms in total. The van der Waals surface area contributed by atoms with Gasteiger partial charge in [-0.2, -0.15) is 0 Å². The van der Waals surface area contributed by atoms with Gasteiger partial charge in [0.25, 0.3) is 5.91 Å². The second-order valence-corrected chi connectivity index (χ2v) is 6.63. The molecule has 2 rings (SSSR count). The van der Waals surface area contributed by atoms with E-state index in [9.17, 15) is 14.4 Å². The highest BCUT2D eigenvalue weighted by molar-refractivity contribution is 7.13. The fourth-order valence-electron chi connectivity index (χ4n) is 2.21. The molecule has 0 radical (unpaired) electrons. The van der Waals surface area contributed by atoms with Crippen LogP contribution >= 0.6 is 11.3 Å². The zero-order chi connectivity index (χ0) is 18.6. The largest absolute Gasteiger partial charge is 0.452 e. The Bertz CT molecular complexity index is 772. The average Bonchev–Trinajstić information content (AvgIpc) is 3.16. The van der Waals surface area contributed by atoms with Crippen molar-refractivity contribution in [3.63, 3.8) is 0 Å². The second kappa shape index (κ2) is 7.98. The van der Waals surface area contributed by atoms with Crippen molar-refractivity contribution in [2.45, 2.75) is 13.8 Å². The molecule has 0 fully saturated rings. The Morgan fingerprint density at radius 3 is 2.40 bits per heavy atom.